The third-order valence-corrected chi connectivity index (χ3v) is 5.79. The van der Waals surface area contributed by atoms with Gasteiger partial charge in [0.1, 0.15) is 0 Å². The number of hydrogen-bond acceptors (Lipinski definition) is 4. The fourth-order valence-electron chi connectivity index (χ4n) is 4.02. The van der Waals surface area contributed by atoms with Crippen LogP contribution in [0.25, 0.3) is 0 Å². The molecule has 0 bridgehead atoms. The lowest BCUT2D eigenvalue weighted by molar-refractivity contribution is -0.0285. The van der Waals surface area contributed by atoms with E-state index in [1.807, 2.05) is 48.5 Å². The van der Waals surface area contributed by atoms with Crippen LogP contribution < -0.4 is 15.5 Å². The first-order valence-electron chi connectivity index (χ1n) is 11.4. The smallest absolute Gasteiger partial charge is 0.319 e. The second-order valence-electron chi connectivity index (χ2n) is 8.44. The molecule has 2 amide bonds. The van der Waals surface area contributed by atoms with Crippen LogP contribution in [0.2, 0.25) is 0 Å². The summed E-state index contributed by atoms with van der Waals surface area (Å²) in [6.45, 7) is 4.60. The Balaban J connectivity index is 1.21. The van der Waals surface area contributed by atoms with E-state index in [1.165, 1.54) is 11.1 Å². The third kappa shape index (κ3) is 7.07. The Bertz CT molecular complexity index is 996. The Labute approximate surface area is 196 Å². The third-order valence-electron chi connectivity index (χ3n) is 5.79. The van der Waals surface area contributed by atoms with E-state index >= 15 is 0 Å². The Morgan fingerprint density at radius 3 is 2.33 bits per heavy atom. The number of morpholine rings is 1. The highest BCUT2D eigenvalue weighted by molar-refractivity contribution is 5.89. The van der Waals surface area contributed by atoms with E-state index in [9.17, 15) is 4.79 Å². The van der Waals surface area contributed by atoms with Crippen LogP contribution in [0.3, 0.4) is 0 Å². The number of hydrogen-bond donors (Lipinski definition) is 2. The van der Waals surface area contributed by atoms with Crippen LogP contribution in [0.15, 0.2) is 84.9 Å². The highest BCUT2D eigenvalue weighted by atomic mass is 16.5. The van der Waals surface area contributed by atoms with Gasteiger partial charge in [0, 0.05) is 51.1 Å². The first-order valence-corrected chi connectivity index (χ1v) is 11.4. The highest BCUT2D eigenvalue weighted by Crippen LogP contribution is 2.19. The van der Waals surface area contributed by atoms with Gasteiger partial charge in [-0.25, -0.2) is 4.79 Å². The van der Waals surface area contributed by atoms with Crippen molar-refractivity contribution in [2.45, 2.75) is 19.2 Å². The number of benzene rings is 3. The largest absolute Gasteiger partial charge is 0.374 e. The molecule has 1 aliphatic heterocycles. The van der Waals surface area contributed by atoms with Crippen LogP contribution in [0, 0.1) is 0 Å². The van der Waals surface area contributed by atoms with Crippen LogP contribution in [0.4, 0.5) is 16.2 Å². The zero-order valence-corrected chi connectivity index (χ0v) is 19.1. The molecule has 0 spiro atoms. The lowest BCUT2D eigenvalue weighted by Gasteiger charge is -2.33. The topological polar surface area (TPSA) is 56.8 Å². The van der Waals surface area contributed by atoms with Crippen molar-refractivity contribution < 1.29 is 9.53 Å². The molecule has 0 radical (unpaired) electrons. The summed E-state index contributed by atoms with van der Waals surface area (Å²) >= 11 is 0. The van der Waals surface area contributed by atoms with Crippen LogP contribution >= 0.6 is 0 Å². The minimum Gasteiger partial charge on any atom is -0.374 e. The van der Waals surface area contributed by atoms with Crippen molar-refractivity contribution in [1.29, 1.82) is 0 Å². The number of anilines is 2. The summed E-state index contributed by atoms with van der Waals surface area (Å²) in [7, 11) is 2.06. The van der Waals surface area contributed by atoms with Gasteiger partial charge in [-0.1, -0.05) is 60.7 Å². The molecule has 2 N–H and O–H groups in total. The molecule has 1 fully saturated rings. The molecule has 0 aromatic heterocycles. The maximum Gasteiger partial charge on any atom is 0.319 e. The molecule has 0 aliphatic carbocycles. The van der Waals surface area contributed by atoms with Gasteiger partial charge in [0.05, 0.1) is 12.7 Å². The molecule has 0 saturated carbocycles. The van der Waals surface area contributed by atoms with E-state index in [1.54, 1.807) is 0 Å². The fourth-order valence-corrected chi connectivity index (χ4v) is 4.02. The number of carbonyl (C=O) groups is 1. The molecule has 6 heteroatoms. The Kier molecular flexibility index (Phi) is 7.95. The summed E-state index contributed by atoms with van der Waals surface area (Å²) in [5, 5.41) is 5.85. The standard InChI is InChI=1S/C27H32N4O2/c1-30(19-22-8-4-2-5-9-22)25-14-12-24(13-15-25)29-27(32)28-18-26-21-31(16-17-33-26)20-23-10-6-3-7-11-23/h2-15,26H,16-21H2,1H3,(H2,28,29,32). The number of amides is 2. The van der Waals surface area contributed by atoms with E-state index in [2.05, 4.69) is 63.9 Å². The monoisotopic (exact) mass is 444 g/mol. The van der Waals surface area contributed by atoms with E-state index < -0.39 is 0 Å². The predicted molar refractivity (Wildman–Crippen MR) is 133 cm³/mol. The summed E-state index contributed by atoms with van der Waals surface area (Å²) < 4.78 is 5.85. The van der Waals surface area contributed by atoms with Crippen LogP contribution in [-0.4, -0.2) is 50.3 Å². The predicted octanol–water partition coefficient (Wildman–Crippen LogP) is 4.35. The van der Waals surface area contributed by atoms with Crippen LogP contribution in [-0.2, 0) is 17.8 Å². The number of urea groups is 1. The Hall–Kier alpha value is -3.35. The second-order valence-corrected chi connectivity index (χ2v) is 8.44. The molecule has 1 unspecified atom stereocenters. The van der Waals surface area contributed by atoms with Crippen molar-refractivity contribution in [3.8, 4) is 0 Å². The fraction of sp³-hybridized carbons (Fsp3) is 0.296. The highest BCUT2D eigenvalue weighted by Gasteiger charge is 2.21. The average Bonchev–Trinajstić information content (AvgIpc) is 2.85. The quantitative estimate of drug-likeness (QED) is 0.543. The summed E-state index contributed by atoms with van der Waals surface area (Å²) in [6.07, 6.45) is -0.0118. The number of ether oxygens (including phenoxy) is 1. The van der Waals surface area contributed by atoms with E-state index in [-0.39, 0.29) is 12.1 Å². The normalized spacial score (nSPS) is 16.2. The first-order chi connectivity index (χ1) is 16.2. The van der Waals surface area contributed by atoms with Crippen molar-refractivity contribution >= 4 is 17.4 Å². The minimum absolute atomic E-state index is 0.0118. The Morgan fingerprint density at radius 2 is 1.64 bits per heavy atom. The van der Waals surface area contributed by atoms with Gasteiger partial charge in [0.2, 0.25) is 0 Å². The molecule has 33 heavy (non-hydrogen) atoms. The van der Waals surface area contributed by atoms with Gasteiger partial charge in [0.15, 0.2) is 0 Å². The van der Waals surface area contributed by atoms with E-state index in [0.717, 1.165) is 37.6 Å². The SMILES string of the molecule is CN(Cc1ccccc1)c1ccc(NC(=O)NCC2CN(Cc3ccccc3)CCO2)cc1. The minimum atomic E-state index is -0.218. The van der Waals surface area contributed by atoms with Crippen molar-refractivity contribution in [2.24, 2.45) is 0 Å². The van der Waals surface area contributed by atoms with E-state index in [4.69, 9.17) is 4.74 Å². The van der Waals surface area contributed by atoms with Gasteiger partial charge in [-0.3, -0.25) is 4.90 Å². The summed E-state index contributed by atoms with van der Waals surface area (Å²) in [5.41, 5.74) is 4.41. The molecule has 4 rings (SSSR count). The Morgan fingerprint density at radius 1 is 0.970 bits per heavy atom. The molecule has 6 nitrogen and oxygen atoms in total. The molecule has 1 atom stereocenters. The van der Waals surface area contributed by atoms with Gasteiger partial charge < -0.3 is 20.3 Å². The second kappa shape index (κ2) is 11.5. The number of carbonyl (C=O) groups excluding carboxylic acids is 1. The number of nitrogens with one attached hydrogen (secondary N) is 2. The maximum absolute atomic E-state index is 12.4. The molecular weight excluding hydrogens is 412 g/mol. The maximum atomic E-state index is 12.4. The van der Waals surface area contributed by atoms with Gasteiger partial charge in [0.25, 0.3) is 0 Å². The molecule has 3 aromatic rings. The van der Waals surface area contributed by atoms with Crippen LogP contribution in [0.5, 0.6) is 0 Å². The number of rotatable bonds is 8. The lowest BCUT2D eigenvalue weighted by Crippen LogP contribution is -2.47. The molecule has 1 aliphatic rings. The molecule has 172 valence electrons. The number of nitrogens with zero attached hydrogens (tertiary/aromatic N) is 2. The van der Waals surface area contributed by atoms with Gasteiger partial charge in [-0.05, 0) is 35.4 Å². The van der Waals surface area contributed by atoms with Crippen molar-refractivity contribution in [2.75, 3.05) is 43.5 Å². The summed E-state index contributed by atoms with van der Waals surface area (Å²) in [6, 6.07) is 28.5. The van der Waals surface area contributed by atoms with Crippen molar-refractivity contribution in [3.05, 3.63) is 96.1 Å². The van der Waals surface area contributed by atoms with Gasteiger partial charge >= 0.3 is 6.03 Å². The zero-order valence-electron chi connectivity index (χ0n) is 19.1. The zero-order chi connectivity index (χ0) is 22.9. The van der Waals surface area contributed by atoms with Gasteiger partial charge in [-0.2, -0.15) is 0 Å². The van der Waals surface area contributed by atoms with E-state index in [0.29, 0.717) is 13.2 Å². The van der Waals surface area contributed by atoms with Gasteiger partial charge in [-0.15, -0.1) is 0 Å². The van der Waals surface area contributed by atoms with Crippen molar-refractivity contribution in [1.82, 2.24) is 10.2 Å². The van der Waals surface area contributed by atoms with Crippen molar-refractivity contribution in [3.63, 3.8) is 0 Å². The lowest BCUT2D eigenvalue weighted by atomic mass is 10.2. The summed E-state index contributed by atoms with van der Waals surface area (Å²) in [4.78, 5) is 16.9. The van der Waals surface area contributed by atoms with Crippen LogP contribution in [0.1, 0.15) is 11.1 Å². The average molecular weight is 445 g/mol. The molecular formula is C27H32N4O2. The molecule has 3 aromatic carbocycles. The first kappa shape index (κ1) is 22.8. The summed E-state index contributed by atoms with van der Waals surface area (Å²) in [5.74, 6) is 0. The molecule has 1 heterocycles. The molecule has 1 saturated heterocycles.